The maximum Gasteiger partial charge on any atom is 0.141 e. The van der Waals surface area contributed by atoms with Gasteiger partial charge in [0.15, 0.2) is 0 Å². The second-order valence-corrected chi connectivity index (χ2v) is 1.50. The van der Waals surface area contributed by atoms with Gasteiger partial charge in [0.25, 0.3) is 0 Å². The molecule has 0 bridgehead atoms. The molecule has 0 atom stereocenters. The summed E-state index contributed by atoms with van der Waals surface area (Å²) in [5.74, 6) is -1.03. The van der Waals surface area contributed by atoms with Crippen molar-refractivity contribution in [2.75, 3.05) is 6.54 Å². The van der Waals surface area contributed by atoms with Crippen LogP contribution in [0.25, 0.3) is 0 Å². The number of nitrogens with one attached hydrogen (secondary N) is 1. The Morgan fingerprint density at radius 2 is 2.25 bits per heavy atom. The van der Waals surface area contributed by atoms with Gasteiger partial charge in [-0.05, 0) is 0 Å². The highest BCUT2D eigenvalue weighted by atomic mass is 19.1. The highest BCUT2D eigenvalue weighted by Crippen LogP contribution is 2.07. The Hall–Kier alpha value is -0.860. The molecule has 0 aromatic carbocycles. The van der Waals surface area contributed by atoms with E-state index in [1.54, 1.807) is 0 Å². The molecule has 0 aliphatic carbocycles. The SMILES string of the molecule is FC1=CNCC(F)=C1. The van der Waals surface area contributed by atoms with E-state index >= 15 is 0 Å². The van der Waals surface area contributed by atoms with Crippen LogP contribution in [0.15, 0.2) is 23.9 Å². The van der Waals surface area contributed by atoms with Crippen molar-refractivity contribution in [3.05, 3.63) is 23.9 Å². The summed E-state index contributed by atoms with van der Waals surface area (Å²) in [6.07, 6.45) is 1.99. The summed E-state index contributed by atoms with van der Waals surface area (Å²) in [6, 6.07) is 0. The smallest absolute Gasteiger partial charge is 0.141 e. The Morgan fingerprint density at radius 3 is 2.62 bits per heavy atom. The van der Waals surface area contributed by atoms with Crippen molar-refractivity contribution in [2.24, 2.45) is 0 Å². The first-order valence-corrected chi connectivity index (χ1v) is 2.24. The van der Waals surface area contributed by atoms with Crippen LogP contribution in [0.1, 0.15) is 0 Å². The average Bonchev–Trinajstić information content (AvgIpc) is 1.64. The number of allylic oxidation sites excluding steroid dienone is 2. The van der Waals surface area contributed by atoms with Gasteiger partial charge < -0.3 is 5.32 Å². The van der Waals surface area contributed by atoms with E-state index in [9.17, 15) is 8.78 Å². The van der Waals surface area contributed by atoms with Crippen molar-refractivity contribution in [1.82, 2.24) is 5.32 Å². The van der Waals surface area contributed by atoms with Gasteiger partial charge in [0, 0.05) is 12.3 Å². The van der Waals surface area contributed by atoms with E-state index < -0.39 is 11.7 Å². The molecule has 8 heavy (non-hydrogen) atoms. The van der Waals surface area contributed by atoms with Crippen LogP contribution in [0.5, 0.6) is 0 Å². The van der Waals surface area contributed by atoms with E-state index in [-0.39, 0.29) is 6.54 Å². The Morgan fingerprint density at radius 1 is 1.50 bits per heavy atom. The van der Waals surface area contributed by atoms with Gasteiger partial charge in [-0.1, -0.05) is 0 Å². The molecule has 0 unspecified atom stereocenters. The Kier molecular flexibility index (Phi) is 1.28. The van der Waals surface area contributed by atoms with E-state index in [2.05, 4.69) is 5.32 Å². The highest BCUT2D eigenvalue weighted by molar-refractivity contribution is 5.18. The lowest BCUT2D eigenvalue weighted by Crippen LogP contribution is -2.11. The van der Waals surface area contributed by atoms with E-state index in [0.29, 0.717) is 0 Å². The molecule has 0 saturated carbocycles. The van der Waals surface area contributed by atoms with E-state index in [1.807, 2.05) is 0 Å². The van der Waals surface area contributed by atoms with Gasteiger partial charge >= 0.3 is 0 Å². The van der Waals surface area contributed by atoms with Crippen LogP contribution in [0.4, 0.5) is 8.78 Å². The molecule has 0 aromatic heterocycles. The van der Waals surface area contributed by atoms with Crippen molar-refractivity contribution in [2.45, 2.75) is 0 Å². The van der Waals surface area contributed by atoms with Crippen LogP contribution in [0, 0.1) is 0 Å². The molecule has 0 saturated heterocycles. The molecule has 0 spiro atoms. The Labute approximate surface area is 45.7 Å². The zero-order valence-electron chi connectivity index (χ0n) is 4.12. The summed E-state index contributed by atoms with van der Waals surface area (Å²) in [4.78, 5) is 0. The summed E-state index contributed by atoms with van der Waals surface area (Å²) < 4.78 is 23.9. The summed E-state index contributed by atoms with van der Waals surface area (Å²) >= 11 is 0. The second-order valence-electron chi connectivity index (χ2n) is 1.50. The monoisotopic (exact) mass is 117 g/mol. The largest absolute Gasteiger partial charge is 0.382 e. The quantitative estimate of drug-likeness (QED) is 0.503. The van der Waals surface area contributed by atoms with Gasteiger partial charge in [0.2, 0.25) is 0 Å². The molecule has 1 rings (SSSR count). The fourth-order valence-electron chi connectivity index (χ4n) is 0.488. The van der Waals surface area contributed by atoms with Crippen molar-refractivity contribution in [3.8, 4) is 0 Å². The standard InChI is InChI=1S/C5H5F2N/c6-4-1-5(7)3-8-2-4/h1-2,8H,3H2. The first-order chi connectivity index (χ1) is 3.79. The van der Waals surface area contributed by atoms with Crippen molar-refractivity contribution >= 4 is 0 Å². The summed E-state index contributed by atoms with van der Waals surface area (Å²) in [7, 11) is 0. The molecule has 1 N–H and O–H groups in total. The molecule has 0 fully saturated rings. The molecule has 0 amide bonds. The summed E-state index contributed by atoms with van der Waals surface area (Å²) in [5, 5.41) is 2.40. The number of halogens is 2. The second kappa shape index (κ2) is 1.94. The van der Waals surface area contributed by atoms with Crippen molar-refractivity contribution in [1.29, 1.82) is 0 Å². The predicted octanol–water partition coefficient (Wildman–Crippen LogP) is 1.25. The number of hydrogen-bond acceptors (Lipinski definition) is 1. The van der Waals surface area contributed by atoms with Crippen LogP contribution in [0.3, 0.4) is 0 Å². The summed E-state index contributed by atoms with van der Waals surface area (Å²) in [5.41, 5.74) is 0. The lowest BCUT2D eigenvalue weighted by Gasteiger charge is -2.02. The zero-order valence-corrected chi connectivity index (χ0v) is 4.12. The van der Waals surface area contributed by atoms with Gasteiger partial charge in [-0.2, -0.15) is 0 Å². The van der Waals surface area contributed by atoms with Crippen LogP contribution < -0.4 is 5.32 Å². The topological polar surface area (TPSA) is 12.0 Å². The molecular formula is C5H5F2N. The van der Waals surface area contributed by atoms with Gasteiger partial charge in [-0.3, -0.25) is 0 Å². The molecule has 0 radical (unpaired) electrons. The molecule has 3 heteroatoms. The summed E-state index contributed by atoms with van der Waals surface area (Å²) in [6.45, 7) is 0.105. The first kappa shape index (κ1) is 5.28. The molecule has 1 aliphatic heterocycles. The minimum absolute atomic E-state index is 0.105. The molecule has 44 valence electrons. The van der Waals surface area contributed by atoms with E-state index in [4.69, 9.17) is 0 Å². The van der Waals surface area contributed by atoms with Gasteiger partial charge in [0.1, 0.15) is 11.7 Å². The van der Waals surface area contributed by atoms with Gasteiger partial charge in [-0.15, -0.1) is 0 Å². The van der Waals surface area contributed by atoms with Crippen molar-refractivity contribution < 1.29 is 8.78 Å². The van der Waals surface area contributed by atoms with Crippen LogP contribution in [-0.4, -0.2) is 6.54 Å². The fraction of sp³-hybridized carbons (Fsp3) is 0.200. The van der Waals surface area contributed by atoms with E-state index in [0.717, 1.165) is 12.3 Å². The first-order valence-electron chi connectivity index (χ1n) is 2.24. The number of hydrogen-bond donors (Lipinski definition) is 1. The molecular weight excluding hydrogens is 112 g/mol. The lowest BCUT2D eigenvalue weighted by molar-refractivity contribution is 0.561. The van der Waals surface area contributed by atoms with Crippen LogP contribution in [-0.2, 0) is 0 Å². The maximum absolute atomic E-state index is 12.0. The predicted molar refractivity (Wildman–Crippen MR) is 26.4 cm³/mol. The third kappa shape index (κ3) is 1.05. The average molecular weight is 117 g/mol. The third-order valence-corrected chi connectivity index (χ3v) is 0.805. The minimum Gasteiger partial charge on any atom is -0.382 e. The Balaban J connectivity index is 2.69. The lowest BCUT2D eigenvalue weighted by atomic mass is 10.4. The number of dihydropyridines is 1. The molecule has 1 heterocycles. The van der Waals surface area contributed by atoms with Crippen LogP contribution in [0.2, 0.25) is 0 Å². The fourth-order valence-corrected chi connectivity index (χ4v) is 0.488. The third-order valence-electron chi connectivity index (χ3n) is 0.805. The zero-order chi connectivity index (χ0) is 5.98. The minimum atomic E-state index is -0.561. The molecule has 1 aliphatic rings. The Bertz CT molecular complexity index is 149. The van der Waals surface area contributed by atoms with Gasteiger partial charge in [-0.25, -0.2) is 8.78 Å². The van der Waals surface area contributed by atoms with Gasteiger partial charge in [0.05, 0.1) is 6.54 Å². The van der Waals surface area contributed by atoms with Crippen LogP contribution >= 0.6 is 0 Å². The number of rotatable bonds is 0. The molecule has 0 aromatic rings. The highest BCUT2D eigenvalue weighted by Gasteiger charge is 2.00. The maximum atomic E-state index is 12.0. The van der Waals surface area contributed by atoms with E-state index in [1.165, 1.54) is 0 Å². The molecule has 1 nitrogen and oxygen atoms in total. The normalized spacial score (nSPS) is 18.8. The van der Waals surface area contributed by atoms with Crippen molar-refractivity contribution in [3.63, 3.8) is 0 Å².